The summed E-state index contributed by atoms with van der Waals surface area (Å²) in [6.07, 6.45) is 8.95. The van der Waals surface area contributed by atoms with Crippen molar-refractivity contribution in [2.75, 3.05) is 0 Å². The number of hydrogen-bond donors (Lipinski definition) is 3. The normalized spacial score (nSPS) is 51.3. The van der Waals surface area contributed by atoms with Crippen molar-refractivity contribution in [3.8, 4) is 0 Å². The summed E-state index contributed by atoms with van der Waals surface area (Å²) < 4.78 is 0. The summed E-state index contributed by atoms with van der Waals surface area (Å²) in [5.41, 5.74) is 0.460. The van der Waals surface area contributed by atoms with Crippen molar-refractivity contribution in [1.82, 2.24) is 0 Å². The standard InChI is InChI=1S/C27H46O4/c1-6-18-22-14-17(28)9-11-27(22,5)21-10-12-26(4)19(15(2)13-16(3)25(30)31)7-8-20(26)23(21)24(18)29/h15-24,28-29H,6-14H2,1-5H3,(H,30,31)/t15-,16+,17-,18-,19-,20?,21+,22+,23?,24-,26-,27?/m1/s1. The summed E-state index contributed by atoms with van der Waals surface area (Å²) in [5, 5.41) is 31.6. The summed E-state index contributed by atoms with van der Waals surface area (Å²) in [7, 11) is 0. The van der Waals surface area contributed by atoms with Crippen molar-refractivity contribution in [3.63, 3.8) is 0 Å². The highest BCUT2D eigenvalue weighted by Gasteiger charge is 2.64. The summed E-state index contributed by atoms with van der Waals surface area (Å²) in [6.45, 7) is 11.3. The van der Waals surface area contributed by atoms with E-state index in [2.05, 4.69) is 27.7 Å². The van der Waals surface area contributed by atoms with E-state index in [1.807, 2.05) is 6.92 Å². The van der Waals surface area contributed by atoms with Gasteiger partial charge in [-0.25, -0.2) is 0 Å². The Bertz CT molecular complexity index is 678. The molecule has 4 saturated carbocycles. The van der Waals surface area contributed by atoms with E-state index in [1.165, 1.54) is 25.7 Å². The van der Waals surface area contributed by atoms with Gasteiger partial charge in [-0.1, -0.05) is 41.0 Å². The second-order valence-corrected chi connectivity index (χ2v) is 12.6. The Hall–Kier alpha value is -0.610. The van der Waals surface area contributed by atoms with Crippen molar-refractivity contribution in [3.05, 3.63) is 0 Å². The third-order valence-electron chi connectivity index (χ3n) is 11.3. The van der Waals surface area contributed by atoms with Gasteiger partial charge in [0, 0.05) is 0 Å². The molecule has 4 aliphatic rings. The molecule has 0 spiro atoms. The van der Waals surface area contributed by atoms with Crippen molar-refractivity contribution in [2.24, 2.45) is 58.2 Å². The molecule has 0 bridgehead atoms. The molecule has 3 N–H and O–H groups in total. The molecule has 4 nitrogen and oxygen atoms in total. The summed E-state index contributed by atoms with van der Waals surface area (Å²) in [6, 6.07) is 0. The van der Waals surface area contributed by atoms with E-state index in [0.717, 1.165) is 32.1 Å². The lowest BCUT2D eigenvalue weighted by atomic mass is 9.41. The van der Waals surface area contributed by atoms with Gasteiger partial charge in [0.05, 0.1) is 18.1 Å². The van der Waals surface area contributed by atoms with Crippen LogP contribution >= 0.6 is 0 Å². The van der Waals surface area contributed by atoms with E-state index in [1.54, 1.807) is 0 Å². The lowest BCUT2D eigenvalue weighted by molar-refractivity contribution is -0.203. The highest BCUT2D eigenvalue weighted by atomic mass is 16.4. The van der Waals surface area contributed by atoms with Gasteiger partial charge in [0.1, 0.15) is 0 Å². The molecule has 0 aromatic rings. The topological polar surface area (TPSA) is 77.8 Å². The average Bonchev–Trinajstić information content (AvgIpc) is 3.06. The number of aliphatic hydroxyl groups excluding tert-OH is 2. The van der Waals surface area contributed by atoms with Gasteiger partial charge in [-0.3, -0.25) is 4.79 Å². The van der Waals surface area contributed by atoms with Gasteiger partial charge < -0.3 is 15.3 Å². The van der Waals surface area contributed by atoms with E-state index in [-0.39, 0.29) is 29.0 Å². The van der Waals surface area contributed by atoms with E-state index in [0.29, 0.717) is 41.4 Å². The van der Waals surface area contributed by atoms with Gasteiger partial charge in [0.2, 0.25) is 0 Å². The molecule has 12 atom stereocenters. The fraction of sp³-hybridized carbons (Fsp3) is 0.963. The molecule has 0 aliphatic heterocycles. The monoisotopic (exact) mass is 434 g/mol. The summed E-state index contributed by atoms with van der Waals surface area (Å²) >= 11 is 0. The molecule has 3 unspecified atom stereocenters. The SMILES string of the molecule is CC[C@H]1[C@@H](O)C2C3CC[C@H]([C@H](C)C[C@H](C)C(=O)O)[C@@]3(C)CC[C@@H]2C2(C)CC[C@@H](O)C[C@@H]12. The van der Waals surface area contributed by atoms with Crippen LogP contribution < -0.4 is 0 Å². The van der Waals surface area contributed by atoms with Gasteiger partial charge in [0.15, 0.2) is 0 Å². The molecule has 0 aromatic heterocycles. The fourth-order valence-electron chi connectivity index (χ4n) is 9.76. The third kappa shape index (κ3) is 3.59. The minimum absolute atomic E-state index is 0.197. The van der Waals surface area contributed by atoms with Crippen LogP contribution in [0.3, 0.4) is 0 Å². The quantitative estimate of drug-likeness (QED) is 0.544. The van der Waals surface area contributed by atoms with Gasteiger partial charge >= 0.3 is 5.97 Å². The van der Waals surface area contributed by atoms with Crippen molar-refractivity contribution >= 4 is 5.97 Å². The smallest absolute Gasteiger partial charge is 0.306 e. The molecule has 4 heteroatoms. The molecule has 0 aromatic carbocycles. The number of carboxylic acid groups (broad SMARTS) is 1. The van der Waals surface area contributed by atoms with Gasteiger partial charge in [-0.15, -0.1) is 0 Å². The Morgan fingerprint density at radius 1 is 0.968 bits per heavy atom. The van der Waals surface area contributed by atoms with Gasteiger partial charge in [-0.05, 0) is 104 Å². The first-order valence-electron chi connectivity index (χ1n) is 13.1. The minimum Gasteiger partial charge on any atom is -0.481 e. The third-order valence-corrected chi connectivity index (χ3v) is 11.3. The van der Waals surface area contributed by atoms with E-state index >= 15 is 0 Å². The van der Waals surface area contributed by atoms with Crippen molar-refractivity contribution in [2.45, 2.75) is 105 Å². The Morgan fingerprint density at radius 2 is 1.61 bits per heavy atom. The Labute approximate surface area is 189 Å². The van der Waals surface area contributed by atoms with Crippen LogP contribution in [0.15, 0.2) is 0 Å². The van der Waals surface area contributed by atoms with E-state index in [9.17, 15) is 20.1 Å². The molecule has 4 rings (SSSR count). The molecule has 4 aliphatic carbocycles. The highest BCUT2D eigenvalue weighted by molar-refractivity contribution is 5.69. The Kier molecular flexibility index (Phi) is 6.31. The van der Waals surface area contributed by atoms with Crippen LogP contribution in [0.4, 0.5) is 0 Å². The molecule has 4 fully saturated rings. The first-order valence-corrected chi connectivity index (χ1v) is 13.1. The summed E-state index contributed by atoms with van der Waals surface area (Å²) in [4.78, 5) is 11.5. The van der Waals surface area contributed by atoms with Crippen molar-refractivity contribution < 1.29 is 20.1 Å². The fourth-order valence-corrected chi connectivity index (χ4v) is 9.76. The first-order chi connectivity index (χ1) is 14.5. The van der Waals surface area contributed by atoms with Gasteiger partial charge in [-0.2, -0.15) is 0 Å². The number of carbonyl (C=O) groups is 1. The number of aliphatic carboxylic acids is 1. The zero-order chi connectivity index (χ0) is 22.7. The zero-order valence-corrected chi connectivity index (χ0v) is 20.4. The first kappa shape index (κ1) is 23.5. The largest absolute Gasteiger partial charge is 0.481 e. The maximum atomic E-state index is 11.7. The molecule has 31 heavy (non-hydrogen) atoms. The second kappa shape index (κ2) is 8.31. The van der Waals surface area contributed by atoms with Crippen LogP contribution in [0, 0.1) is 58.2 Å². The van der Waals surface area contributed by atoms with Crippen LogP contribution in [0.25, 0.3) is 0 Å². The van der Waals surface area contributed by atoms with Crippen LogP contribution in [0.5, 0.6) is 0 Å². The number of fused-ring (bicyclic) bond motifs is 5. The van der Waals surface area contributed by atoms with Gasteiger partial charge in [0.25, 0.3) is 0 Å². The average molecular weight is 435 g/mol. The number of aliphatic hydroxyl groups is 2. The molecular weight excluding hydrogens is 388 g/mol. The summed E-state index contributed by atoms with van der Waals surface area (Å²) in [5.74, 6) is 2.23. The number of hydrogen-bond acceptors (Lipinski definition) is 3. The lowest BCUT2D eigenvalue weighted by Crippen LogP contribution is -2.62. The van der Waals surface area contributed by atoms with Crippen LogP contribution in [-0.2, 0) is 4.79 Å². The predicted octanol–water partition coefficient (Wildman–Crippen LogP) is 5.36. The molecule has 0 radical (unpaired) electrons. The zero-order valence-electron chi connectivity index (χ0n) is 20.4. The van der Waals surface area contributed by atoms with Crippen LogP contribution in [-0.4, -0.2) is 33.5 Å². The maximum absolute atomic E-state index is 11.7. The van der Waals surface area contributed by atoms with E-state index in [4.69, 9.17) is 0 Å². The molecule has 178 valence electrons. The highest BCUT2D eigenvalue weighted by Crippen LogP contribution is 2.69. The minimum atomic E-state index is -0.679. The maximum Gasteiger partial charge on any atom is 0.306 e. The van der Waals surface area contributed by atoms with E-state index < -0.39 is 5.97 Å². The molecule has 0 heterocycles. The molecular formula is C27H46O4. The Morgan fingerprint density at radius 3 is 2.26 bits per heavy atom. The molecule has 0 amide bonds. The van der Waals surface area contributed by atoms with Crippen LogP contribution in [0.2, 0.25) is 0 Å². The second-order valence-electron chi connectivity index (χ2n) is 12.6. The van der Waals surface area contributed by atoms with Crippen LogP contribution in [0.1, 0.15) is 92.4 Å². The predicted molar refractivity (Wildman–Crippen MR) is 122 cm³/mol. The number of rotatable bonds is 5. The lowest BCUT2D eigenvalue weighted by Gasteiger charge is -2.64. The van der Waals surface area contributed by atoms with Crippen molar-refractivity contribution in [1.29, 1.82) is 0 Å². The number of carboxylic acids is 1. The Balaban J connectivity index is 1.61. The molecule has 0 saturated heterocycles.